The van der Waals surface area contributed by atoms with E-state index in [1.165, 1.54) is 18.2 Å². The van der Waals surface area contributed by atoms with Crippen LogP contribution in [0, 0.1) is 15.9 Å². The molecule has 0 aliphatic carbocycles. The number of rotatable bonds is 5. The second-order valence-corrected chi connectivity index (χ2v) is 5.69. The van der Waals surface area contributed by atoms with Crippen LogP contribution in [0.2, 0.25) is 0 Å². The van der Waals surface area contributed by atoms with Crippen LogP contribution in [0.1, 0.15) is 10.4 Å². The summed E-state index contributed by atoms with van der Waals surface area (Å²) >= 11 is 3.08. The van der Waals surface area contributed by atoms with Crippen LogP contribution >= 0.6 is 15.9 Å². The molecule has 2 aromatic carbocycles. The van der Waals surface area contributed by atoms with E-state index < -0.39 is 29.2 Å². The molecule has 0 unspecified atom stereocenters. The Morgan fingerprint density at radius 3 is 2.64 bits per heavy atom. The highest BCUT2D eigenvalue weighted by molar-refractivity contribution is 9.10. The molecule has 0 spiro atoms. The number of nitro benzene ring substituents is 1. The van der Waals surface area contributed by atoms with Gasteiger partial charge in [-0.05, 0) is 24.3 Å². The summed E-state index contributed by atoms with van der Waals surface area (Å²) < 4.78 is 18.9. The van der Waals surface area contributed by atoms with E-state index in [1.54, 1.807) is 0 Å². The standard InChI is InChI=1S/C15H11BrFN3O5/c16-8-1-4-13(11(17)5-8)19-14(21)7-25-15(22)10-6-9(20(23)24)2-3-12(10)18/h1-6H,7,18H2,(H,19,21). The van der Waals surface area contributed by atoms with Gasteiger partial charge in [-0.1, -0.05) is 15.9 Å². The number of nitrogens with one attached hydrogen (secondary N) is 1. The van der Waals surface area contributed by atoms with Gasteiger partial charge in [-0.15, -0.1) is 0 Å². The van der Waals surface area contributed by atoms with Crippen LogP contribution in [0.15, 0.2) is 40.9 Å². The lowest BCUT2D eigenvalue weighted by Crippen LogP contribution is -2.22. The van der Waals surface area contributed by atoms with Gasteiger partial charge in [0.15, 0.2) is 6.61 Å². The van der Waals surface area contributed by atoms with E-state index in [1.807, 2.05) is 0 Å². The van der Waals surface area contributed by atoms with E-state index in [-0.39, 0.29) is 22.6 Å². The zero-order valence-electron chi connectivity index (χ0n) is 12.5. The van der Waals surface area contributed by atoms with Crippen molar-refractivity contribution in [1.82, 2.24) is 0 Å². The van der Waals surface area contributed by atoms with Crippen LogP contribution in [0.4, 0.5) is 21.5 Å². The summed E-state index contributed by atoms with van der Waals surface area (Å²) in [4.78, 5) is 33.7. The zero-order chi connectivity index (χ0) is 18.6. The van der Waals surface area contributed by atoms with Crippen LogP contribution in [0.25, 0.3) is 0 Å². The molecule has 0 fully saturated rings. The van der Waals surface area contributed by atoms with Crippen molar-refractivity contribution in [3.8, 4) is 0 Å². The number of carbonyl (C=O) groups excluding carboxylic acids is 2. The number of non-ortho nitro benzene ring substituents is 1. The molecule has 0 aromatic heterocycles. The fourth-order valence-corrected chi connectivity index (χ4v) is 2.15. The predicted octanol–water partition coefficient (Wildman–Crippen LogP) is 2.87. The minimum Gasteiger partial charge on any atom is -0.452 e. The number of halogens is 2. The van der Waals surface area contributed by atoms with Crippen molar-refractivity contribution in [2.75, 3.05) is 17.7 Å². The Morgan fingerprint density at radius 2 is 2.00 bits per heavy atom. The lowest BCUT2D eigenvalue weighted by atomic mass is 10.1. The number of nitrogens with zero attached hydrogens (tertiary/aromatic N) is 1. The third-order valence-electron chi connectivity index (χ3n) is 3.01. The molecule has 0 atom stereocenters. The second kappa shape index (κ2) is 7.71. The summed E-state index contributed by atoms with van der Waals surface area (Å²) in [6, 6.07) is 7.28. The van der Waals surface area contributed by atoms with E-state index in [0.29, 0.717) is 4.47 Å². The average molecular weight is 412 g/mol. The minimum atomic E-state index is -1.01. The van der Waals surface area contributed by atoms with E-state index in [9.17, 15) is 24.1 Å². The molecular formula is C15H11BrFN3O5. The highest BCUT2D eigenvalue weighted by atomic mass is 79.9. The normalized spacial score (nSPS) is 10.2. The summed E-state index contributed by atoms with van der Waals surface area (Å²) in [5, 5.41) is 13.0. The molecule has 130 valence electrons. The molecule has 8 nitrogen and oxygen atoms in total. The molecule has 2 aromatic rings. The molecule has 3 N–H and O–H groups in total. The van der Waals surface area contributed by atoms with Crippen molar-refractivity contribution in [3.05, 3.63) is 62.4 Å². The second-order valence-electron chi connectivity index (χ2n) is 4.78. The first-order chi connectivity index (χ1) is 11.8. The Hall–Kier alpha value is -3.01. The number of anilines is 2. The topological polar surface area (TPSA) is 125 Å². The summed E-state index contributed by atoms with van der Waals surface area (Å²) in [6.07, 6.45) is 0. The number of carbonyl (C=O) groups is 2. The maximum absolute atomic E-state index is 13.6. The third kappa shape index (κ3) is 4.73. The monoisotopic (exact) mass is 411 g/mol. The van der Waals surface area contributed by atoms with Crippen LogP contribution in [0.3, 0.4) is 0 Å². The van der Waals surface area contributed by atoms with E-state index in [4.69, 9.17) is 10.5 Å². The maximum atomic E-state index is 13.6. The first kappa shape index (κ1) is 18.3. The molecule has 0 radical (unpaired) electrons. The van der Waals surface area contributed by atoms with Gasteiger partial charge in [0.05, 0.1) is 16.2 Å². The predicted molar refractivity (Wildman–Crippen MR) is 90.5 cm³/mol. The highest BCUT2D eigenvalue weighted by Crippen LogP contribution is 2.21. The van der Waals surface area contributed by atoms with Crippen molar-refractivity contribution in [1.29, 1.82) is 0 Å². The third-order valence-corrected chi connectivity index (χ3v) is 3.50. The number of esters is 1. The Kier molecular flexibility index (Phi) is 5.65. The average Bonchev–Trinajstić information content (AvgIpc) is 2.55. The number of ether oxygens (including phenoxy) is 1. The number of nitrogen functional groups attached to an aromatic ring is 1. The van der Waals surface area contributed by atoms with Crippen LogP contribution in [-0.4, -0.2) is 23.4 Å². The first-order valence-electron chi connectivity index (χ1n) is 6.74. The van der Waals surface area contributed by atoms with Gasteiger partial charge in [-0.2, -0.15) is 0 Å². The molecule has 0 saturated heterocycles. The molecule has 2 rings (SSSR count). The number of hydrogen-bond acceptors (Lipinski definition) is 6. The Morgan fingerprint density at radius 1 is 1.28 bits per heavy atom. The number of benzene rings is 2. The van der Waals surface area contributed by atoms with Gasteiger partial charge < -0.3 is 15.8 Å². The Bertz CT molecular complexity index is 859. The lowest BCUT2D eigenvalue weighted by Gasteiger charge is -2.08. The van der Waals surface area contributed by atoms with Gasteiger partial charge in [-0.3, -0.25) is 14.9 Å². The summed E-state index contributed by atoms with van der Waals surface area (Å²) in [5.41, 5.74) is 4.88. The van der Waals surface area contributed by atoms with Crippen LogP contribution in [0.5, 0.6) is 0 Å². The SMILES string of the molecule is Nc1ccc([N+](=O)[O-])cc1C(=O)OCC(=O)Nc1ccc(Br)cc1F. The van der Waals surface area contributed by atoms with Gasteiger partial charge in [0.25, 0.3) is 11.6 Å². The molecule has 0 saturated carbocycles. The van der Waals surface area contributed by atoms with E-state index in [2.05, 4.69) is 21.2 Å². The van der Waals surface area contributed by atoms with Crippen molar-refractivity contribution in [2.45, 2.75) is 0 Å². The first-order valence-corrected chi connectivity index (χ1v) is 7.53. The number of nitro groups is 1. The lowest BCUT2D eigenvalue weighted by molar-refractivity contribution is -0.384. The molecule has 0 aliphatic heterocycles. The molecule has 25 heavy (non-hydrogen) atoms. The number of amides is 1. The highest BCUT2D eigenvalue weighted by Gasteiger charge is 2.18. The fraction of sp³-hybridized carbons (Fsp3) is 0.0667. The van der Waals surface area contributed by atoms with Crippen LogP contribution < -0.4 is 11.1 Å². The largest absolute Gasteiger partial charge is 0.452 e. The van der Waals surface area contributed by atoms with Gasteiger partial charge in [0.1, 0.15) is 5.82 Å². The zero-order valence-corrected chi connectivity index (χ0v) is 14.1. The Labute approximate surface area is 149 Å². The molecule has 1 amide bonds. The number of hydrogen-bond donors (Lipinski definition) is 2. The molecule has 0 aliphatic rings. The van der Waals surface area contributed by atoms with Gasteiger partial charge in [0, 0.05) is 22.3 Å². The maximum Gasteiger partial charge on any atom is 0.341 e. The summed E-state index contributed by atoms with van der Waals surface area (Å²) in [7, 11) is 0. The van der Waals surface area contributed by atoms with Crippen molar-refractivity contribution in [2.24, 2.45) is 0 Å². The molecule has 10 heteroatoms. The van der Waals surface area contributed by atoms with E-state index >= 15 is 0 Å². The Balaban J connectivity index is 2.01. The smallest absolute Gasteiger partial charge is 0.341 e. The fourth-order valence-electron chi connectivity index (χ4n) is 1.82. The van der Waals surface area contributed by atoms with Gasteiger partial charge in [0.2, 0.25) is 0 Å². The summed E-state index contributed by atoms with van der Waals surface area (Å²) in [5.74, 6) is -2.46. The van der Waals surface area contributed by atoms with Crippen LogP contribution in [-0.2, 0) is 9.53 Å². The van der Waals surface area contributed by atoms with E-state index in [0.717, 1.165) is 18.2 Å². The van der Waals surface area contributed by atoms with Gasteiger partial charge in [-0.25, -0.2) is 9.18 Å². The summed E-state index contributed by atoms with van der Waals surface area (Å²) in [6.45, 7) is -0.712. The quantitative estimate of drug-likeness (QED) is 0.337. The molecule has 0 heterocycles. The number of nitrogens with two attached hydrogens (primary N) is 1. The molecular weight excluding hydrogens is 401 g/mol. The molecule has 0 bridgehead atoms. The van der Waals surface area contributed by atoms with Gasteiger partial charge >= 0.3 is 5.97 Å². The van der Waals surface area contributed by atoms with Crippen molar-refractivity contribution < 1.29 is 23.6 Å². The van der Waals surface area contributed by atoms with Crippen molar-refractivity contribution in [3.63, 3.8) is 0 Å². The minimum absolute atomic E-state index is 0.0324. The van der Waals surface area contributed by atoms with Crippen molar-refractivity contribution >= 4 is 44.9 Å².